The number of esters is 1. The molecule has 3 heterocycles. The average Bonchev–Trinajstić information content (AvgIpc) is 3.33. The second-order valence-corrected chi connectivity index (χ2v) is 8.85. The van der Waals surface area contributed by atoms with Crippen LogP contribution in [-0.2, 0) is 9.53 Å². The van der Waals surface area contributed by atoms with Crippen LogP contribution in [0.4, 0.5) is 4.39 Å². The highest BCUT2D eigenvalue weighted by Crippen LogP contribution is 2.33. The number of carbonyl (C=O) groups excluding carboxylic acids is 1. The summed E-state index contributed by atoms with van der Waals surface area (Å²) in [6.07, 6.45) is 1.43. The molecule has 1 aromatic carbocycles. The first-order valence-electron chi connectivity index (χ1n) is 9.09. The fourth-order valence-electron chi connectivity index (χ4n) is 3.29. The van der Waals surface area contributed by atoms with Gasteiger partial charge in [0.1, 0.15) is 11.9 Å². The summed E-state index contributed by atoms with van der Waals surface area (Å²) in [5, 5.41) is 2.08. The van der Waals surface area contributed by atoms with Gasteiger partial charge in [-0.15, -0.1) is 11.3 Å². The number of allylic oxidation sites excluding steroid dienone is 1. The Balaban J connectivity index is 1.98. The minimum absolute atomic E-state index is 0.137. The van der Waals surface area contributed by atoms with Crippen molar-refractivity contribution >= 4 is 46.3 Å². The quantitative estimate of drug-likeness (QED) is 0.556. The highest BCUT2D eigenvalue weighted by atomic mass is 35.5. The number of carbonyl (C=O) groups is 1. The number of hydrogen-bond donors (Lipinski definition) is 0. The fourth-order valence-corrected chi connectivity index (χ4v) is 5.36. The van der Waals surface area contributed by atoms with Gasteiger partial charge in [-0.05, 0) is 43.5 Å². The van der Waals surface area contributed by atoms with E-state index >= 15 is 0 Å². The second kappa shape index (κ2) is 8.29. The number of ether oxygens (including phenoxy) is 1. The summed E-state index contributed by atoms with van der Waals surface area (Å²) in [6.45, 7) is 3.65. The van der Waals surface area contributed by atoms with Gasteiger partial charge in [-0.2, -0.15) is 0 Å². The smallest absolute Gasteiger partial charge is 0.338 e. The van der Waals surface area contributed by atoms with Gasteiger partial charge in [-0.25, -0.2) is 14.2 Å². The van der Waals surface area contributed by atoms with E-state index in [1.54, 1.807) is 19.9 Å². The number of halogens is 2. The van der Waals surface area contributed by atoms with E-state index in [1.807, 2.05) is 17.5 Å². The molecule has 2 aromatic heterocycles. The van der Waals surface area contributed by atoms with Gasteiger partial charge < -0.3 is 4.74 Å². The molecule has 0 saturated carbocycles. The van der Waals surface area contributed by atoms with Crippen molar-refractivity contribution in [2.24, 2.45) is 4.99 Å². The van der Waals surface area contributed by atoms with Crippen LogP contribution in [-0.4, -0.2) is 17.1 Å². The fraction of sp³-hybridized carbons (Fsp3) is 0.190. The Morgan fingerprint density at radius 1 is 1.37 bits per heavy atom. The lowest BCUT2D eigenvalue weighted by Crippen LogP contribution is -2.39. The summed E-state index contributed by atoms with van der Waals surface area (Å²) in [7, 11) is 0. The molecule has 0 spiro atoms. The van der Waals surface area contributed by atoms with Gasteiger partial charge in [0.2, 0.25) is 0 Å². The van der Waals surface area contributed by atoms with E-state index in [0.717, 1.165) is 16.2 Å². The third-order valence-electron chi connectivity index (χ3n) is 4.60. The van der Waals surface area contributed by atoms with E-state index in [9.17, 15) is 14.0 Å². The molecule has 4 rings (SSSR count). The molecule has 1 unspecified atom stereocenters. The minimum Gasteiger partial charge on any atom is -0.463 e. The lowest BCUT2D eigenvalue weighted by molar-refractivity contribution is -0.139. The second-order valence-electron chi connectivity index (χ2n) is 6.45. The molecule has 0 fully saturated rings. The standard InChI is InChI=1S/C21H16ClFN2O3S2/c1-3-28-20(27)17-11(2)24-21-25(18(17)15-8-5-9-29-15)19(26)16(30-21)10-12-13(22)6-4-7-14(12)23/h4-10,18H,3H2,1-2H3. The number of hydrogen-bond acceptors (Lipinski definition) is 6. The molecule has 5 nitrogen and oxygen atoms in total. The van der Waals surface area contributed by atoms with E-state index in [0.29, 0.717) is 16.1 Å². The van der Waals surface area contributed by atoms with Crippen LogP contribution in [0.5, 0.6) is 0 Å². The molecule has 3 aromatic rings. The number of fused-ring (bicyclic) bond motifs is 1. The average molecular weight is 463 g/mol. The summed E-state index contributed by atoms with van der Waals surface area (Å²) < 4.78 is 21.2. The molecule has 0 amide bonds. The SMILES string of the molecule is CCOC(=O)C1=C(C)N=c2sc(=Cc3c(F)cccc3Cl)c(=O)n2C1c1cccs1. The predicted molar refractivity (Wildman–Crippen MR) is 116 cm³/mol. The molecule has 0 bridgehead atoms. The summed E-state index contributed by atoms with van der Waals surface area (Å²) >= 11 is 8.68. The normalized spacial score (nSPS) is 16.4. The van der Waals surface area contributed by atoms with Crippen LogP contribution in [0.3, 0.4) is 0 Å². The van der Waals surface area contributed by atoms with Crippen molar-refractivity contribution in [3.63, 3.8) is 0 Å². The molecule has 154 valence electrons. The number of aromatic nitrogens is 1. The number of thiophene rings is 1. The van der Waals surface area contributed by atoms with Gasteiger partial charge in [-0.3, -0.25) is 9.36 Å². The Hall–Kier alpha value is -2.55. The van der Waals surface area contributed by atoms with Crippen LogP contribution in [0.25, 0.3) is 6.08 Å². The van der Waals surface area contributed by atoms with Crippen LogP contribution >= 0.6 is 34.3 Å². The topological polar surface area (TPSA) is 60.7 Å². The highest BCUT2D eigenvalue weighted by Gasteiger charge is 2.33. The van der Waals surface area contributed by atoms with E-state index < -0.39 is 17.8 Å². The van der Waals surface area contributed by atoms with Gasteiger partial charge in [0.15, 0.2) is 4.80 Å². The molecule has 30 heavy (non-hydrogen) atoms. The first kappa shape index (κ1) is 20.7. The van der Waals surface area contributed by atoms with Gasteiger partial charge in [-0.1, -0.05) is 35.1 Å². The predicted octanol–water partition coefficient (Wildman–Crippen LogP) is 3.65. The zero-order valence-corrected chi connectivity index (χ0v) is 18.4. The summed E-state index contributed by atoms with van der Waals surface area (Å²) in [6, 6.07) is 7.41. The van der Waals surface area contributed by atoms with Crippen molar-refractivity contribution in [2.45, 2.75) is 19.9 Å². The lowest BCUT2D eigenvalue weighted by atomic mass is 10.0. The third-order valence-corrected chi connectivity index (χ3v) is 6.84. The van der Waals surface area contributed by atoms with E-state index in [4.69, 9.17) is 16.3 Å². The molecule has 1 aliphatic rings. The Labute approximate surface area is 184 Å². The van der Waals surface area contributed by atoms with Crippen LogP contribution in [0.15, 0.2) is 56.8 Å². The number of benzene rings is 1. The maximum Gasteiger partial charge on any atom is 0.338 e. The summed E-state index contributed by atoms with van der Waals surface area (Å²) in [4.78, 5) is 31.7. The number of nitrogens with zero attached hydrogens (tertiary/aromatic N) is 2. The van der Waals surface area contributed by atoms with Gasteiger partial charge in [0.05, 0.1) is 27.4 Å². The van der Waals surface area contributed by atoms with E-state index in [1.165, 1.54) is 34.1 Å². The minimum atomic E-state index is -0.654. The maximum absolute atomic E-state index is 14.3. The van der Waals surface area contributed by atoms with Crippen molar-refractivity contribution in [3.05, 3.63) is 88.0 Å². The Bertz CT molecular complexity index is 1320. The first-order chi connectivity index (χ1) is 14.4. The number of rotatable bonds is 4. The van der Waals surface area contributed by atoms with Crippen molar-refractivity contribution in [1.29, 1.82) is 0 Å². The molecule has 1 atom stereocenters. The molecule has 9 heteroatoms. The molecule has 0 aliphatic carbocycles. The van der Waals surface area contributed by atoms with Crippen LogP contribution < -0.4 is 14.9 Å². The molecule has 0 radical (unpaired) electrons. The van der Waals surface area contributed by atoms with Crippen LogP contribution in [0.1, 0.15) is 30.3 Å². The monoisotopic (exact) mass is 462 g/mol. The summed E-state index contributed by atoms with van der Waals surface area (Å²) in [5.74, 6) is -1.03. The van der Waals surface area contributed by atoms with Crippen molar-refractivity contribution in [3.8, 4) is 0 Å². The van der Waals surface area contributed by atoms with Crippen molar-refractivity contribution in [1.82, 2.24) is 4.57 Å². The third kappa shape index (κ3) is 3.55. The van der Waals surface area contributed by atoms with Crippen molar-refractivity contribution in [2.75, 3.05) is 6.61 Å². The largest absolute Gasteiger partial charge is 0.463 e. The lowest BCUT2D eigenvalue weighted by Gasteiger charge is -2.23. The highest BCUT2D eigenvalue weighted by molar-refractivity contribution is 7.10. The van der Waals surface area contributed by atoms with E-state index in [2.05, 4.69) is 4.99 Å². The molecule has 1 aliphatic heterocycles. The maximum atomic E-state index is 14.3. The van der Waals surface area contributed by atoms with Gasteiger partial charge in [0, 0.05) is 10.4 Å². The zero-order valence-electron chi connectivity index (χ0n) is 16.0. The Morgan fingerprint density at radius 2 is 2.17 bits per heavy atom. The van der Waals surface area contributed by atoms with Crippen molar-refractivity contribution < 1.29 is 13.9 Å². The number of thiazole rings is 1. The zero-order chi connectivity index (χ0) is 21.4. The molecule has 0 saturated heterocycles. The van der Waals surface area contributed by atoms with E-state index in [-0.39, 0.29) is 27.3 Å². The Morgan fingerprint density at radius 3 is 2.83 bits per heavy atom. The van der Waals surface area contributed by atoms with Crippen LogP contribution in [0, 0.1) is 5.82 Å². The molecular weight excluding hydrogens is 447 g/mol. The molecular formula is C21H16ClFN2O3S2. The Kier molecular flexibility index (Phi) is 5.73. The first-order valence-corrected chi connectivity index (χ1v) is 11.2. The van der Waals surface area contributed by atoms with Crippen LogP contribution in [0.2, 0.25) is 5.02 Å². The van der Waals surface area contributed by atoms with Gasteiger partial charge in [0.25, 0.3) is 5.56 Å². The van der Waals surface area contributed by atoms with Gasteiger partial charge >= 0.3 is 5.97 Å². The molecule has 0 N–H and O–H groups in total. The summed E-state index contributed by atoms with van der Waals surface area (Å²) in [5.41, 5.74) is 0.579.